The first-order chi connectivity index (χ1) is 8.11. The Morgan fingerprint density at radius 2 is 1.89 bits per heavy atom. The van der Waals surface area contributed by atoms with E-state index in [9.17, 15) is 4.79 Å². The van der Waals surface area contributed by atoms with Crippen LogP contribution in [0.15, 0.2) is 30.3 Å². The zero-order valence-electron chi connectivity index (χ0n) is 10.9. The summed E-state index contributed by atoms with van der Waals surface area (Å²) in [5, 5.41) is 0. The molecule has 18 heavy (non-hydrogen) atoms. The Balaban J connectivity index is 0.00000162. The van der Waals surface area contributed by atoms with Gasteiger partial charge in [0.2, 0.25) is 5.91 Å². The predicted octanol–water partition coefficient (Wildman–Crippen LogP) is 2.37. The van der Waals surface area contributed by atoms with Gasteiger partial charge in [0.25, 0.3) is 0 Å². The van der Waals surface area contributed by atoms with Crippen molar-refractivity contribution in [3.63, 3.8) is 0 Å². The maximum absolute atomic E-state index is 12.2. The summed E-state index contributed by atoms with van der Waals surface area (Å²) >= 11 is 0. The lowest BCUT2D eigenvalue weighted by Gasteiger charge is -2.25. The molecule has 1 amide bonds. The number of nitrogens with zero attached hydrogens (tertiary/aromatic N) is 1. The van der Waals surface area contributed by atoms with Gasteiger partial charge in [0, 0.05) is 19.1 Å². The van der Waals surface area contributed by atoms with Crippen LogP contribution in [0.2, 0.25) is 0 Å². The molecule has 0 bridgehead atoms. The Hall–Kier alpha value is -1.06. The molecule has 4 heteroatoms. The summed E-state index contributed by atoms with van der Waals surface area (Å²) in [5.74, 6) is -0.00754. The molecule has 0 spiro atoms. The van der Waals surface area contributed by atoms with Crippen molar-refractivity contribution in [2.24, 2.45) is 11.7 Å². The molecule has 1 saturated carbocycles. The summed E-state index contributed by atoms with van der Waals surface area (Å²) in [7, 11) is 1.88. The first-order valence-electron chi connectivity index (χ1n) is 6.18. The van der Waals surface area contributed by atoms with E-state index < -0.39 is 0 Å². The van der Waals surface area contributed by atoms with E-state index in [0.29, 0.717) is 6.04 Å². The van der Waals surface area contributed by atoms with Crippen LogP contribution in [0.1, 0.15) is 31.4 Å². The molecular weight excluding hydrogens is 248 g/mol. The van der Waals surface area contributed by atoms with Crippen molar-refractivity contribution in [2.75, 3.05) is 7.05 Å². The molecule has 2 rings (SSSR count). The van der Waals surface area contributed by atoms with Gasteiger partial charge in [0.05, 0.1) is 5.92 Å². The molecule has 0 heterocycles. The maximum Gasteiger partial charge on any atom is 0.227 e. The van der Waals surface area contributed by atoms with Gasteiger partial charge in [-0.15, -0.1) is 12.4 Å². The zero-order valence-corrected chi connectivity index (χ0v) is 11.7. The number of carbonyl (C=O) groups excluding carboxylic acids is 1. The Morgan fingerprint density at radius 3 is 2.39 bits per heavy atom. The van der Waals surface area contributed by atoms with Crippen LogP contribution in [0.5, 0.6) is 0 Å². The number of benzene rings is 1. The van der Waals surface area contributed by atoms with Crippen LogP contribution in [-0.4, -0.2) is 23.9 Å². The molecule has 100 valence electrons. The highest BCUT2D eigenvalue weighted by atomic mass is 35.5. The average molecular weight is 269 g/mol. The summed E-state index contributed by atoms with van der Waals surface area (Å²) in [5.41, 5.74) is 7.18. The minimum absolute atomic E-state index is 0. The lowest BCUT2D eigenvalue weighted by Crippen LogP contribution is -2.38. The molecule has 1 aliphatic carbocycles. The SMILES string of the molecule is CC(C(=O)N(C)C1CC1)C(N)c1ccccc1.Cl. The Labute approximate surface area is 115 Å². The van der Waals surface area contributed by atoms with E-state index in [0.717, 1.165) is 18.4 Å². The molecule has 0 aliphatic heterocycles. The van der Waals surface area contributed by atoms with Crippen LogP contribution < -0.4 is 5.73 Å². The number of hydrogen-bond acceptors (Lipinski definition) is 2. The minimum atomic E-state index is -0.218. The average Bonchev–Trinajstić information content (AvgIpc) is 3.20. The van der Waals surface area contributed by atoms with Crippen LogP contribution in [0, 0.1) is 5.92 Å². The smallest absolute Gasteiger partial charge is 0.227 e. The molecule has 2 N–H and O–H groups in total. The number of halogens is 1. The lowest BCUT2D eigenvalue weighted by molar-refractivity contribution is -0.134. The fourth-order valence-corrected chi connectivity index (χ4v) is 2.08. The van der Waals surface area contributed by atoms with E-state index in [2.05, 4.69) is 0 Å². The van der Waals surface area contributed by atoms with E-state index in [1.807, 2.05) is 49.2 Å². The third-order valence-electron chi connectivity index (χ3n) is 3.55. The predicted molar refractivity (Wildman–Crippen MR) is 75.6 cm³/mol. The van der Waals surface area contributed by atoms with Crippen molar-refractivity contribution in [3.05, 3.63) is 35.9 Å². The number of carbonyl (C=O) groups is 1. The number of hydrogen-bond donors (Lipinski definition) is 1. The van der Waals surface area contributed by atoms with Crippen molar-refractivity contribution in [1.82, 2.24) is 4.90 Å². The van der Waals surface area contributed by atoms with Crippen molar-refractivity contribution in [3.8, 4) is 0 Å². The zero-order chi connectivity index (χ0) is 12.4. The Kier molecular flexibility index (Phi) is 5.17. The molecule has 1 fully saturated rings. The number of amides is 1. The van der Waals surface area contributed by atoms with Gasteiger partial charge < -0.3 is 10.6 Å². The fourth-order valence-electron chi connectivity index (χ4n) is 2.08. The Bertz CT molecular complexity index is 392. The van der Waals surface area contributed by atoms with Gasteiger partial charge in [-0.05, 0) is 18.4 Å². The third-order valence-corrected chi connectivity index (χ3v) is 3.55. The van der Waals surface area contributed by atoms with Gasteiger partial charge in [0.15, 0.2) is 0 Å². The van der Waals surface area contributed by atoms with Crippen LogP contribution in [0.4, 0.5) is 0 Å². The first-order valence-corrected chi connectivity index (χ1v) is 6.18. The molecule has 1 aromatic carbocycles. The highest BCUT2D eigenvalue weighted by Gasteiger charge is 2.33. The van der Waals surface area contributed by atoms with Crippen LogP contribution in [0.25, 0.3) is 0 Å². The minimum Gasteiger partial charge on any atom is -0.342 e. The van der Waals surface area contributed by atoms with Gasteiger partial charge in [-0.25, -0.2) is 0 Å². The monoisotopic (exact) mass is 268 g/mol. The van der Waals surface area contributed by atoms with Gasteiger partial charge in [0.1, 0.15) is 0 Å². The van der Waals surface area contributed by atoms with Gasteiger partial charge in [-0.3, -0.25) is 4.79 Å². The Morgan fingerprint density at radius 1 is 1.33 bits per heavy atom. The third kappa shape index (κ3) is 3.24. The topological polar surface area (TPSA) is 46.3 Å². The molecule has 2 unspecified atom stereocenters. The molecule has 0 aromatic heterocycles. The maximum atomic E-state index is 12.2. The summed E-state index contributed by atoms with van der Waals surface area (Å²) in [6.45, 7) is 1.92. The molecule has 0 radical (unpaired) electrons. The number of rotatable bonds is 4. The molecule has 1 aliphatic rings. The summed E-state index contributed by atoms with van der Waals surface area (Å²) in [6.07, 6.45) is 2.27. The standard InChI is InChI=1S/C14H20N2O.ClH/c1-10(14(17)16(2)12-8-9-12)13(15)11-6-4-3-5-7-11;/h3-7,10,12-13H,8-9,15H2,1-2H3;1H. The summed E-state index contributed by atoms with van der Waals surface area (Å²) < 4.78 is 0. The summed E-state index contributed by atoms with van der Waals surface area (Å²) in [4.78, 5) is 14.0. The first kappa shape index (κ1) is 15.0. The van der Waals surface area contributed by atoms with Crippen molar-refractivity contribution in [2.45, 2.75) is 31.8 Å². The quantitative estimate of drug-likeness (QED) is 0.911. The van der Waals surface area contributed by atoms with Gasteiger partial charge in [-0.1, -0.05) is 37.3 Å². The van der Waals surface area contributed by atoms with E-state index in [1.54, 1.807) is 0 Å². The lowest BCUT2D eigenvalue weighted by atomic mass is 9.94. The van der Waals surface area contributed by atoms with Crippen molar-refractivity contribution in [1.29, 1.82) is 0 Å². The fraction of sp³-hybridized carbons (Fsp3) is 0.500. The largest absolute Gasteiger partial charge is 0.342 e. The second-order valence-corrected chi connectivity index (χ2v) is 4.91. The molecule has 1 aromatic rings. The molecular formula is C14H21ClN2O. The van der Waals surface area contributed by atoms with E-state index in [-0.39, 0.29) is 30.3 Å². The molecule has 2 atom stereocenters. The normalized spacial score (nSPS) is 17.5. The highest BCUT2D eigenvalue weighted by molar-refractivity contribution is 5.85. The van der Waals surface area contributed by atoms with E-state index in [1.165, 1.54) is 0 Å². The second-order valence-electron chi connectivity index (χ2n) is 4.91. The van der Waals surface area contributed by atoms with Crippen molar-refractivity contribution < 1.29 is 4.79 Å². The van der Waals surface area contributed by atoms with Gasteiger partial charge >= 0.3 is 0 Å². The van der Waals surface area contributed by atoms with E-state index in [4.69, 9.17) is 5.73 Å². The van der Waals surface area contributed by atoms with Crippen molar-refractivity contribution >= 4 is 18.3 Å². The highest BCUT2D eigenvalue weighted by Crippen LogP contribution is 2.29. The van der Waals surface area contributed by atoms with E-state index >= 15 is 0 Å². The number of nitrogens with two attached hydrogens (primary N) is 1. The molecule has 0 saturated heterocycles. The summed E-state index contributed by atoms with van der Waals surface area (Å²) in [6, 6.07) is 10.1. The van der Waals surface area contributed by atoms with Crippen LogP contribution in [0.3, 0.4) is 0 Å². The van der Waals surface area contributed by atoms with Crippen LogP contribution in [-0.2, 0) is 4.79 Å². The second kappa shape index (κ2) is 6.21. The van der Waals surface area contributed by atoms with Crippen LogP contribution >= 0.6 is 12.4 Å². The van der Waals surface area contributed by atoms with Gasteiger partial charge in [-0.2, -0.15) is 0 Å². The molecule has 3 nitrogen and oxygen atoms in total.